The van der Waals surface area contributed by atoms with Gasteiger partial charge >= 0.3 is 29.6 Å². The zero-order chi connectivity index (χ0) is 30.2. The summed E-state index contributed by atoms with van der Waals surface area (Å²) >= 11 is 0. The number of anilines is 1. The number of nitrogens with zero attached hydrogens (tertiary/aromatic N) is 2. The average Bonchev–Trinajstić information content (AvgIpc) is 2.95. The summed E-state index contributed by atoms with van der Waals surface area (Å²) in [6, 6.07) is 20.3. The fraction of sp³-hybridized carbons (Fsp3) is 0.0357. The Morgan fingerprint density at radius 3 is 2.23 bits per heavy atom. The molecular formula is C28H20N3NaO9S2. The number of nitrogens with one attached hydrogen (secondary N) is 1. The van der Waals surface area contributed by atoms with Crippen molar-refractivity contribution in [2.24, 2.45) is 10.2 Å². The first-order valence-corrected chi connectivity index (χ1v) is 14.8. The summed E-state index contributed by atoms with van der Waals surface area (Å²) < 4.78 is 67.0. The first-order valence-electron chi connectivity index (χ1n) is 12.0. The van der Waals surface area contributed by atoms with E-state index in [1.54, 1.807) is 24.3 Å². The molecule has 12 nitrogen and oxygen atoms in total. The van der Waals surface area contributed by atoms with Gasteiger partial charge in [-0.2, -0.15) is 8.42 Å². The molecule has 0 aromatic heterocycles. The Labute approximate surface area is 267 Å². The van der Waals surface area contributed by atoms with E-state index in [-0.39, 0.29) is 73.3 Å². The molecule has 5 aromatic rings. The topological polar surface area (TPSA) is 195 Å². The van der Waals surface area contributed by atoms with Crippen molar-refractivity contribution >= 4 is 64.8 Å². The van der Waals surface area contributed by atoms with Gasteiger partial charge in [0.1, 0.15) is 32.1 Å². The van der Waals surface area contributed by atoms with Crippen LogP contribution in [0.3, 0.4) is 0 Å². The molecule has 0 aliphatic heterocycles. The summed E-state index contributed by atoms with van der Waals surface area (Å²) in [5, 5.41) is 32.3. The Morgan fingerprint density at radius 2 is 1.53 bits per heavy atom. The molecule has 0 saturated carbocycles. The molecule has 0 fully saturated rings. The molecule has 0 atom stereocenters. The second-order valence-electron chi connectivity index (χ2n) is 8.86. The largest absolute Gasteiger partial charge is 1.00 e. The van der Waals surface area contributed by atoms with Gasteiger partial charge in [0.25, 0.3) is 16.0 Å². The normalized spacial score (nSPS) is 12.0. The van der Waals surface area contributed by atoms with Crippen LogP contribution in [0.5, 0.6) is 11.5 Å². The van der Waals surface area contributed by atoms with Crippen LogP contribution in [0.2, 0.25) is 0 Å². The van der Waals surface area contributed by atoms with Crippen LogP contribution in [0.4, 0.5) is 17.1 Å². The van der Waals surface area contributed by atoms with Crippen molar-refractivity contribution in [3.05, 3.63) is 90.5 Å². The van der Waals surface area contributed by atoms with E-state index >= 15 is 0 Å². The van der Waals surface area contributed by atoms with E-state index in [2.05, 4.69) is 15.5 Å². The second kappa shape index (κ2) is 12.4. The number of phenols is 2. The maximum Gasteiger partial charge on any atom is 1.00 e. The Bertz CT molecular complexity index is 2150. The fourth-order valence-corrected chi connectivity index (χ4v) is 6.04. The predicted molar refractivity (Wildman–Crippen MR) is 152 cm³/mol. The van der Waals surface area contributed by atoms with Gasteiger partial charge in [-0.1, -0.05) is 54.6 Å². The number of para-hydroxylation sites is 1. The van der Waals surface area contributed by atoms with E-state index in [9.17, 15) is 36.4 Å². The minimum absolute atomic E-state index is 0. The third-order valence-electron chi connectivity index (χ3n) is 6.33. The van der Waals surface area contributed by atoms with Gasteiger partial charge in [0.2, 0.25) is 0 Å². The van der Waals surface area contributed by atoms with Crippen molar-refractivity contribution in [1.29, 1.82) is 0 Å². The number of carbonyl (C=O) groups excluding carboxylic acids is 1. The maximum absolute atomic E-state index is 12.9. The van der Waals surface area contributed by atoms with Crippen molar-refractivity contribution in [2.45, 2.75) is 9.79 Å². The van der Waals surface area contributed by atoms with Crippen LogP contribution in [-0.2, 0) is 24.4 Å². The number of benzene rings is 5. The van der Waals surface area contributed by atoms with Crippen LogP contribution in [0, 0.1) is 0 Å². The van der Waals surface area contributed by atoms with Crippen LogP contribution in [-0.4, -0.2) is 44.6 Å². The number of phenolic OH excluding ortho intramolecular Hbond substituents is 2. The van der Waals surface area contributed by atoms with Gasteiger partial charge in [0, 0.05) is 10.8 Å². The van der Waals surface area contributed by atoms with Gasteiger partial charge in [0.05, 0.1) is 23.3 Å². The van der Waals surface area contributed by atoms with E-state index in [1.165, 1.54) is 54.6 Å². The minimum Gasteiger partial charge on any atom is -0.744 e. The molecule has 43 heavy (non-hydrogen) atoms. The standard InChI is InChI=1S/C28H21N3O9S2.Na/c1-40-42(38,39)27-18-9-3-2-7-16(18)13-14-21(27)30-31-25-23(41(35,36)37)15-17-8-6-11-20(24(17)26(25)33)29-28(34)19-10-4-5-12-22(19)32;/h2-15,32-33H,1H3,(H,29,34)(H,35,36,37);/q;+1/p-1. The van der Waals surface area contributed by atoms with Crippen molar-refractivity contribution in [2.75, 3.05) is 12.4 Å². The summed E-state index contributed by atoms with van der Waals surface area (Å²) in [6.45, 7) is 0. The quantitative estimate of drug-likeness (QED) is 0.105. The number of amides is 1. The van der Waals surface area contributed by atoms with Gasteiger partial charge in [-0.05, 0) is 41.1 Å². The van der Waals surface area contributed by atoms with Crippen LogP contribution in [0.25, 0.3) is 21.5 Å². The maximum atomic E-state index is 12.9. The molecule has 0 bridgehead atoms. The number of azo groups is 1. The Kier molecular flexibility index (Phi) is 9.22. The minimum atomic E-state index is -5.24. The van der Waals surface area contributed by atoms with E-state index in [4.69, 9.17) is 4.18 Å². The molecule has 0 unspecified atom stereocenters. The average molecular weight is 630 g/mol. The third kappa shape index (κ3) is 6.26. The molecule has 5 aromatic carbocycles. The van der Waals surface area contributed by atoms with E-state index in [0.717, 1.165) is 13.2 Å². The summed E-state index contributed by atoms with van der Waals surface area (Å²) in [6.07, 6.45) is 0. The molecular weight excluding hydrogens is 609 g/mol. The van der Waals surface area contributed by atoms with Crippen LogP contribution < -0.4 is 34.9 Å². The summed E-state index contributed by atoms with van der Waals surface area (Å²) in [4.78, 5) is 11.6. The number of rotatable bonds is 7. The number of carbonyl (C=O) groups is 1. The van der Waals surface area contributed by atoms with Crippen LogP contribution >= 0.6 is 0 Å². The Morgan fingerprint density at radius 1 is 0.860 bits per heavy atom. The summed E-state index contributed by atoms with van der Waals surface area (Å²) in [5.74, 6) is -1.86. The molecule has 1 amide bonds. The molecule has 214 valence electrons. The van der Waals surface area contributed by atoms with Crippen LogP contribution in [0.1, 0.15) is 10.4 Å². The molecule has 0 aliphatic carbocycles. The smallest absolute Gasteiger partial charge is 0.744 e. The molecule has 3 N–H and O–H groups in total. The molecule has 0 saturated heterocycles. The van der Waals surface area contributed by atoms with Crippen molar-refractivity contribution in [3.8, 4) is 11.5 Å². The van der Waals surface area contributed by atoms with E-state index in [0.29, 0.717) is 5.39 Å². The van der Waals surface area contributed by atoms with Gasteiger partial charge in [-0.25, -0.2) is 8.42 Å². The first kappa shape index (κ1) is 32.0. The van der Waals surface area contributed by atoms with Crippen LogP contribution in [0.15, 0.2) is 105 Å². The third-order valence-corrected chi connectivity index (χ3v) is 8.55. The first-order chi connectivity index (χ1) is 19.9. The fourth-order valence-electron chi connectivity index (χ4n) is 4.41. The number of hydrogen-bond donors (Lipinski definition) is 3. The zero-order valence-electron chi connectivity index (χ0n) is 22.5. The molecule has 0 spiro atoms. The van der Waals surface area contributed by atoms with E-state index in [1.807, 2.05) is 0 Å². The van der Waals surface area contributed by atoms with Crippen molar-refractivity contribution in [3.63, 3.8) is 0 Å². The molecule has 0 radical (unpaired) electrons. The van der Waals surface area contributed by atoms with E-state index < -0.39 is 42.5 Å². The molecule has 0 aliphatic rings. The number of fused-ring (bicyclic) bond motifs is 2. The number of hydrogen-bond acceptors (Lipinski definition) is 11. The predicted octanol–water partition coefficient (Wildman–Crippen LogP) is 2.32. The van der Waals surface area contributed by atoms with Crippen molar-refractivity contribution < 1.29 is 70.1 Å². The zero-order valence-corrected chi connectivity index (χ0v) is 26.2. The van der Waals surface area contributed by atoms with Crippen molar-refractivity contribution in [1.82, 2.24) is 0 Å². The summed E-state index contributed by atoms with van der Waals surface area (Å²) in [7, 11) is -8.64. The SMILES string of the molecule is COS(=O)(=O)c1c(N=Nc2c(S(=O)(=O)[O-])cc3cccc(NC(=O)c4ccccc4O)c3c2O)ccc2ccccc12.[Na+]. The van der Waals surface area contributed by atoms with Gasteiger partial charge in [-0.15, -0.1) is 10.2 Å². The van der Waals surface area contributed by atoms with Gasteiger partial charge < -0.3 is 20.1 Å². The number of aromatic hydroxyl groups is 2. The Balaban J connectivity index is 0.00000423. The summed E-state index contributed by atoms with van der Waals surface area (Å²) in [5.41, 5.74) is -1.12. The van der Waals surface area contributed by atoms with Gasteiger partial charge in [-0.3, -0.25) is 8.98 Å². The molecule has 0 heterocycles. The monoisotopic (exact) mass is 629 g/mol. The Hall–Kier alpha value is -3.89. The van der Waals surface area contributed by atoms with Gasteiger partial charge in [0.15, 0.2) is 5.75 Å². The molecule has 15 heteroatoms. The molecule has 5 rings (SSSR count). The second-order valence-corrected chi connectivity index (χ2v) is 11.9.